The molecular formula is C7H9N5O2S. The number of rotatable bonds is 2. The van der Waals surface area contributed by atoms with Gasteiger partial charge in [0.1, 0.15) is 0 Å². The molecule has 0 aliphatic carbocycles. The van der Waals surface area contributed by atoms with E-state index >= 15 is 0 Å². The molecule has 7 nitrogen and oxygen atoms in total. The molecule has 1 aromatic heterocycles. The predicted molar refractivity (Wildman–Crippen MR) is 59.9 cm³/mol. The first-order chi connectivity index (χ1) is 7.00. The maximum absolute atomic E-state index is 11.3. The summed E-state index contributed by atoms with van der Waals surface area (Å²) in [5.41, 5.74) is 6.98. The normalized spacial score (nSPS) is 10.5. The molecule has 0 aromatic carbocycles. The molecule has 0 aliphatic heterocycles. The van der Waals surface area contributed by atoms with Crippen LogP contribution in [0.3, 0.4) is 0 Å². The molecule has 0 saturated carbocycles. The van der Waals surface area contributed by atoms with E-state index in [1.54, 1.807) is 6.92 Å². The van der Waals surface area contributed by atoms with Gasteiger partial charge in [0.25, 0.3) is 5.56 Å². The molecule has 0 unspecified atom stereocenters. The zero-order chi connectivity index (χ0) is 11.4. The first-order valence-electron chi connectivity index (χ1n) is 3.92. The maximum atomic E-state index is 11.3. The molecule has 0 amide bonds. The van der Waals surface area contributed by atoms with Crippen LogP contribution in [-0.2, 0) is 0 Å². The second-order valence-corrected chi connectivity index (χ2v) is 3.12. The van der Waals surface area contributed by atoms with Crippen LogP contribution in [0.4, 0.5) is 0 Å². The minimum Gasteiger partial charge on any atom is -0.375 e. The van der Waals surface area contributed by atoms with Gasteiger partial charge in [-0.05, 0) is 19.1 Å². The van der Waals surface area contributed by atoms with Crippen molar-refractivity contribution in [1.29, 1.82) is 0 Å². The fraction of sp³-hybridized carbons (Fsp3) is 0.143. The minimum absolute atomic E-state index is 0.00948. The van der Waals surface area contributed by atoms with Crippen LogP contribution in [-0.4, -0.2) is 21.3 Å². The Hall–Kier alpha value is -1.96. The zero-order valence-electron chi connectivity index (χ0n) is 7.83. The highest BCUT2D eigenvalue weighted by atomic mass is 32.1. The Morgan fingerprint density at radius 3 is 2.73 bits per heavy atom. The largest absolute Gasteiger partial charge is 0.375 e. The third kappa shape index (κ3) is 3.02. The number of aryl methyl sites for hydroxylation is 1. The Balaban J connectivity index is 3.05. The highest BCUT2D eigenvalue weighted by Gasteiger charge is 2.01. The van der Waals surface area contributed by atoms with Gasteiger partial charge >= 0.3 is 5.69 Å². The molecule has 0 spiro atoms. The van der Waals surface area contributed by atoms with Crippen LogP contribution < -0.4 is 22.4 Å². The first-order valence-corrected chi connectivity index (χ1v) is 4.33. The van der Waals surface area contributed by atoms with Crippen LogP contribution in [0, 0.1) is 6.92 Å². The molecule has 0 aliphatic rings. The number of aromatic nitrogens is 2. The van der Waals surface area contributed by atoms with Crippen LogP contribution in [0.25, 0.3) is 0 Å². The van der Waals surface area contributed by atoms with Crippen molar-refractivity contribution >= 4 is 23.5 Å². The fourth-order valence-corrected chi connectivity index (χ4v) is 0.978. The van der Waals surface area contributed by atoms with Crippen LogP contribution in [0.5, 0.6) is 0 Å². The number of thiocarbonyl (C=S) groups is 1. The predicted octanol–water partition coefficient (Wildman–Crippen LogP) is -1.46. The summed E-state index contributed by atoms with van der Waals surface area (Å²) in [5, 5.41) is 3.60. The van der Waals surface area contributed by atoms with Gasteiger partial charge in [0.15, 0.2) is 5.11 Å². The average molecular weight is 227 g/mol. The number of nitrogens with zero attached hydrogens (tertiary/aromatic N) is 1. The van der Waals surface area contributed by atoms with Gasteiger partial charge < -0.3 is 10.7 Å². The summed E-state index contributed by atoms with van der Waals surface area (Å²) >= 11 is 4.51. The van der Waals surface area contributed by atoms with Crippen molar-refractivity contribution in [1.82, 2.24) is 15.4 Å². The standard InChI is InChI=1S/C7H9N5O2S/c1-3-4(2-9-12-6(8)15)5(13)11-7(14)10-3/h2H,1H3,(H3,8,12,15)(H2,10,11,13,14)/b9-2+. The summed E-state index contributed by atoms with van der Waals surface area (Å²) in [6.45, 7) is 1.58. The highest BCUT2D eigenvalue weighted by molar-refractivity contribution is 7.80. The maximum Gasteiger partial charge on any atom is 0.325 e. The zero-order valence-corrected chi connectivity index (χ0v) is 8.64. The second-order valence-electron chi connectivity index (χ2n) is 2.68. The van der Waals surface area contributed by atoms with Crippen molar-refractivity contribution < 1.29 is 0 Å². The molecule has 1 heterocycles. The summed E-state index contributed by atoms with van der Waals surface area (Å²) in [4.78, 5) is 26.6. The number of hydrazone groups is 1. The van der Waals surface area contributed by atoms with Crippen molar-refractivity contribution in [3.63, 3.8) is 0 Å². The molecule has 0 fully saturated rings. The SMILES string of the molecule is Cc1[nH]c(=O)[nH]c(=O)c1/C=N/NC(N)=S. The lowest BCUT2D eigenvalue weighted by molar-refractivity contribution is 0.981. The quantitative estimate of drug-likeness (QED) is 0.280. The number of H-pyrrole nitrogens is 2. The summed E-state index contributed by atoms with van der Waals surface area (Å²) < 4.78 is 0. The third-order valence-electron chi connectivity index (χ3n) is 1.55. The van der Waals surface area contributed by atoms with Crippen LogP contribution >= 0.6 is 12.2 Å². The van der Waals surface area contributed by atoms with Crippen molar-refractivity contribution in [2.45, 2.75) is 6.92 Å². The van der Waals surface area contributed by atoms with E-state index in [0.717, 1.165) is 0 Å². The second kappa shape index (κ2) is 4.51. The van der Waals surface area contributed by atoms with Crippen LogP contribution in [0.1, 0.15) is 11.3 Å². The fourth-order valence-electron chi connectivity index (χ4n) is 0.926. The van der Waals surface area contributed by atoms with Gasteiger partial charge in [0.2, 0.25) is 0 Å². The van der Waals surface area contributed by atoms with Crippen molar-refractivity contribution in [3.8, 4) is 0 Å². The van der Waals surface area contributed by atoms with Gasteiger partial charge in [-0.25, -0.2) is 4.79 Å². The van der Waals surface area contributed by atoms with E-state index < -0.39 is 11.2 Å². The first kappa shape index (κ1) is 11.1. The van der Waals surface area contributed by atoms with E-state index in [0.29, 0.717) is 5.69 Å². The highest BCUT2D eigenvalue weighted by Crippen LogP contribution is 1.89. The average Bonchev–Trinajstić information content (AvgIpc) is 2.08. The van der Waals surface area contributed by atoms with Crippen molar-refractivity contribution in [2.75, 3.05) is 0 Å². The lowest BCUT2D eigenvalue weighted by atomic mass is 10.2. The molecule has 1 rings (SSSR count). The lowest BCUT2D eigenvalue weighted by Crippen LogP contribution is -2.28. The molecule has 0 bridgehead atoms. The smallest absolute Gasteiger partial charge is 0.325 e. The Kier molecular flexibility index (Phi) is 3.34. The van der Waals surface area contributed by atoms with Gasteiger partial charge in [-0.2, -0.15) is 5.10 Å². The van der Waals surface area contributed by atoms with Crippen LogP contribution in [0.2, 0.25) is 0 Å². The summed E-state index contributed by atoms with van der Waals surface area (Å²) in [5.74, 6) is 0. The van der Waals surface area contributed by atoms with Crippen molar-refractivity contribution in [2.24, 2.45) is 10.8 Å². The molecule has 5 N–H and O–H groups in total. The van der Waals surface area contributed by atoms with E-state index in [-0.39, 0.29) is 10.7 Å². The molecule has 80 valence electrons. The monoisotopic (exact) mass is 227 g/mol. The van der Waals surface area contributed by atoms with E-state index in [1.807, 2.05) is 0 Å². The number of nitrogens with two attached hydrogens (primary N) is 1. The summed E-state index contributed by atoms with van der Waals surface area (Å²) in [6, 6.07) is 0. The number of hydrogen-bond acceptors (Lipinski definition) is 4. The summed E-state index contributed by atoms with van der Waals surface area (Å²) in [6.07, 6.45) is 1.23. The lowest BCUT2D eigenvalue weighted by Gasteiger charge is -1.97. The van der Waals surface area contributed by atoms with Crippen LogP contribution in [0.15, 0.2) is 14.7 Å². The van der Waals surface area contributed by atoms with E-state index in [9.17, 15) is 9.59 Å². The topological polar surface area (TPSA) is 116 Å². The molecule has 1 aromatic rings. The Bertz CT molecular complexity index is 515. The Labute approximate surface area is 89.4 Å². The van der Waals surface area contributed by atoms with Gasteiger partial charge in [0.05, 0.1) is 11.8 Å². The molecule has 0 atom stereocenters. The Morgan fingerprint density at radius 1 is 1.53 bits per heavy atom. The number of hydrogen-bond donors (Lipinski definition) is 4. The molecule has 0 saturated heterocycles. The van der Waals surface area contributed by atoms with E-state index in [4.69, 9.17) is 5.73 Å². The van der Waals surface area contributed by atoms with Gasteiger partial charge in [-0.1, -0.05) is 0 Å². The van der Waals surface area contributed by atoms with Crippen molar-refractivity contribution in [3.05, 3.63) is 32.1 Å². The van der Waals surface area contributed by atoms with E-state index in [2.05, 4.69) is 32.7 Å². The van der Waals surface area contributed by atoms with Gasteiger partial charge in [0, 0.05) is 5.69 Å². The summed E-state index contributed by atoms with van der Waals surface area (Å²) in [7, 11) is 0. The number of aromatic amines is 2. The minimum atomic E-state index is -0.558. The number of nitrogens with one attached hydrogen (secondary N) is 3. The van der Waals surface area contributed by atoms with Gasteiger partial charge in [-0.3, -0.25) is 15.2 Å². The van der Waals surface area contributed by atoms with E-state index in [1.165, 1.54) is 6.21 Å². The molecule has 15 heavy (non-hydrogen) atoms. The molecule has 0 radical (unpaired) electrons. The molecular weight excluding hydrogens is 218 g/mol. The molecule has 8 heteroatoms. The Morgan fingerprint density at radius 2 is 2.20 bits per heavy atom. The van der Waals surface area contributed by atoms with Gasteiger partial charge in [-0.15, -0.1) is 0 Å². The third-order valence-corrected chi connectivity index (χ3v) is 1.64.